The molecule has 7 heteroatoms. The van der Waals surface area contributed by atoms with Gasteiger partial charge >= 0.3 is 0 Å². The van der Waals surface area contributed by atoms with E-state index in [9.17, 15) is 0 Å². The highest BCUT2D eigenvalue weighted by atomic mass is 15.5. The molecule has 0 bridgehead atoms. The zero-order valence-corrected chi connectivity index (χ0v) is 14.8. The molecule has 7 nitrogen and oxygen atoms in total. The Kier molecular flexibility index (Phi) is 4.55. The molecule has 0 atom stereocenters. The number of nitrogens with one attached hydrogen (secondary N) is 2. The third-order valence-electron chi connectivity index (χ3n) is 4.69. The van der Waals surface area contributed by atoms with Crippen LogP contribution in [0.1, 0.15) is 0 Å². The summed E-state index contributed by atoms with van der Waals surface area (Å²) in [7, 11) is 2.13. The summed E-state index contributed by atoms with van der Waals surface area (Å²) in [6, 6.07) is 14.4. The molecular formula is C19H23N7. The van der Waals surface area contributed by atoms with E-state index < -0.39 is 0 Å². The predicted octanol–water partition coefficient (Wildman–Crippen LogP) is 2.53. The highest BCUT2D eigenvalue weighted by Gasteiger charge is 2.16. The Labute approximate surface area is 152 Å². The number of hydrazine groups is 1. The fraction of sp³-hybridized carbons (Fsp3) is 0.263. The Balaban J connectivity index is 1.57. The number of nitrogens with two attached hydrogens (primary N) is 1. The van der Waals surface area contributed by atoms with Gasteiger partial charge in [0.15, 0.2) is 11.6 Å². The van der Waals surface area contributed by atoms with Gasteiger partial charge in [0.2, 0.25) is 0 Å². The van der Waals surface area contributed by atoms with Crippen LogP contribution >= 0.6 is 0 Å². The summed E-state index contributed by atoms with van der Waals surface area (Å²) < 4.78 is 0. The van der Waals surface area contributed by atoms with Crippen LogP contribution in [-0.2, 0) is 0 Å². The van der Waals surface area contributed by atoms with E-state index >= 15 is 0 Å². The number of aromatic nitrogens is 2. The van der Waals surface area contributed by atoms with E-state index in [1.807, 2.05) is 24.3 Å². The first-order valence-corrected chi connectivity index (χ1v) is 8.76. The van der Waals surface area contributed by atoms with Crippen molar-refractivity contribution in [3.63, 3.8) is 0 Å². The van der Waals surface area contributed by atoms with Crippen molar-refractivity contribution >= 4 is 33.8 Å². The highest BCUT2D eigenvalue weighted by Crippen LogP contribution is 2.30. The Hall–Kier alpha value is -2.90. The van der Waals surface area contributed by atoms with E-state index in [4.69, 9.17) is 5.73 Å². The molecule has 0 amide bonds. The number of piperazine rings is 1. The fourth-order valence-electron chi connectivity index (χ4n) is 3.11. The second kappa shape index (κ2) is 7.15. The Morgan fingerprint density at radius 2 is 1.65 bits per heavy atom. The smallest absolute Gasteiger partial charge is 0.169 e. The molecule has 2 aromatic carbocycles. The van der Waals surface area contributed by atoms with E-state index in [-0.39, 0.29) is 0 Å². The predicted molar refractivity (Wildman–Crippen MR) is 106 cm³/mol. The zero-order valence-electron chi connectivity index (χ0n) is 14.8. The van der Waals surface area contributed by atoms with Gasteiger partial charge < -0.3 is 21.4 Å². The topological polar surface area (TPSA) is 82.3 Å². The fourth-order valence-corrected chi connectivity index (χ4v) is 3.11. The van der Waals surface area contributed by atoms with E-state index in [0.29, 0.717) is 17.3 Å². The Morgan fingerprint density at radius 1 is 0.923 bits per heavy atom. The molecule has 4 rings (SSSR count). The number of fused-ring (bicyclic) bond motifs is 1. The van der Waals surface area contributed by atoms with Crippen LogP contribution in [-0.4, -0.2) is 53.1 Å². The second-order valence-electron chi connectivity index (χ2n) is 6.54. The van der Waals surface area contributed by atoms with Crippen LogP contribution in [0.5, 0.6) is 0 Å². The molecule has 1 fully saturated rings. The van der Waals surface area contributed by atoms with Crippen LogP contribution in [0.15, 0.2) is 48.8 Å². The van der Waals surface area contributed by atoms with Crippen LogP contribution in [0.25, 0.3) is 10.8 Å². The highest BCUT2D eigenvalue weighted by molar-refractivity contribution is 5.96. The van der Waals surface area contributed by atoms with Crippen molar-refractivity contribution < 1.29 is 0 Å². The molecule has 0 aliphatic carbocycles. The minimum Gasteiger partial charge on any atom is -0.393 e. The first-order valence-electron chi connectivity index (χ1n) is 8.76. The molecule has 2 heterocycles. The summed E-state index contributed by atoms with van der Waals surface area (Å²) in [6.07, 6.45) is 1.53. The molecular weight excluding hydrogens is 326 g/mol. The number of rotatable bonds is 4. The van der Waals surface area contributed by atoms with Gasteiger partial charge in [-0.05, 0) is 18.5 Å². The minimum absolute atomic E-state index is 0.513. The normalized spacial score (nSPS) is 15.9. The molecule has 0 saturated carbocycles. The van der Waals surface area contributed by atoms with Crippen molar-refractivity contribution in [2.75, 3.05) is 49.7 Å². The second-order valence-corrected chi connectivity index (χ2v) is 6.54. The molecule has 26 heavy (non-hydrogen) atoms. The molecule has 1 saturated heterocycles. The lowest BCUT2D eigenvalue weighted by atomic mass is 10.1. The summed E-state index contributed by atoms with van der Waals surface area (Å²) in [5.74, 6) is 1.24. The number of hydrogen-bond acceptors (Lipinski definition) is 7. The van der Waals surface area contributed by atoms with Crippen LogP contribution in [0.3, 0.4) is 0 Å². The maximum atomic E-state index is 6.33. The molecule has 134 valence electrons. The van der Waals surface area contributed by atoms with Gasteiger partial charge in [0.25, 0.3) is 0 Å². The summed E-state index contributed by atoms with van der Waals surface area (Å²) in [5.41, 5.74) is 11.1. The summed E-state index contributed by atoms with van der Waals surface area (Å²) in [6.45, 7) is 3.87. The molecule has 4 N–H and O–H groups in total. The first-order chi connectivity index (χ1) is 12.7. The van der Waals surface area contributed by atoms with Gasteiger partial charge in [-0.15, -0.1) is 0 Å². The molecule has 1 aliphatic rings. The van der Waals surface area contributed by atoms with Crippen LogP contribution in [0, 0.1) is 0 Å². The lowest BCUT2D eigenvalue weighted by molar-refractivity contribution is 0.178. The van der Waals surface area contributed by atoms with Crippen molar-refractivity contribution in [1.82, 2.24) is 19.9 Å². The average molecular weight is 349 g/mol. The Bertz CT molecular complexity index is 898. The molecule has 1 aliphatic heterocycles. The molecule has 0 unspecified atom stereocenters. The largest absolute Gasteiger partial charge is 0.393 e. The SMILES string of the molecule is CN1CCN(Nc2ncnc(Nc3cccc4ccccc34)c2N)CC1. The molecule has 0 spiro atoms. The van der Waals surface area contributed by atoms with Crippen LogP contribution in [0.4, 0.5) is 23.0 Å². The maximum Gasteiger partial charge on any atom is 0.169 e. The van der Waals surface area contributed by atoms with Gasteiger partial charge in [0.1, 0.15) is 12.0 Å². The van der Waals surface area contributed by atoms with Crippen molar-refractivity contribution in [2.45, 2.75) is 0 Å². The number of nitrogen functional groups attached to an aromatic ring is 1. The summed E-state index contributed by atoms with van der Waals surface area (Å²) >= 11 is 0. The average Bonchev–Trinajstić information content (AvgIpc) is 2.67. The van der Waals surface area contributed by atoms with Crippen LogP contribution in [0.2, 0.25) is 0 Å². The Morgan fingerprint density at radius 3 is 2.50 bits per heavy atom. The van der Waals surface area contributed by atoms with Crippen molar-refractivity contribution in [3.8, 4) is 0 Å². The molecule has 3 aromatic rings. The van der Waals surface area contributed by atoms with Crippen molar-refractivity contribution in [2.24, 2.45) is 0 Å². The molecule has 1 aromatic heterocycles. The number of benzene rings is 2. The van der Waals surface area contributed by atoms with Gasteiger partial charge in [-0.2, -0.15) is 0 Å². The number of hydrogen-bond donors (Lipinski definition) is 3. The van der Waals surface area contributed by atoms with Crippen LogP contribution < -0.4 is 16.5 Å². The van der Waals surface area contributed by atoms with Crippen molar-refractivity contribution in [3.05, 3.63) is 48.8 Å². The summed E-state index contributed by atoms with van der Waals surface area (Å²) in [4.78, 5) is 10.9. The third-order valence-corrected chi connectivity index (χ3v) is 4.69. The molecule has 0 radical (unpaired) electrons. The monoisotopic (exact) mass is 349 g/mol. The number of anilines is 4. The van der Waals surface area contributed by atoms with Crippen molar-refractivity contribution in [1.29, 1.82) is 0 Å². The number of nitrogens with zero attached hydrogens (tertiary/aromatic N) is 4. The third kappa shape index (κ3) is 3.40. The van der Waals surface area contributed by atoms with Gasteiger partial charge in [0, 0.05) is 37.3 Å². The van der Waals surface area contributed by atoms with E-state index in [1.165, 1.54) is 11.7 Å². The summed E-state index contributed by atoms with van der Waals surface area (Å²) in [5, 5.41) is 7.79. The van der Waals surface area contributed by atoms with Gasteiger partial charge in [-0.3, -0.25) is 0 Å². The van der Waals surface area contributed by atoms with E-state index in [1.54, 1.807) is 0 Å². The minimum atomic E-state index is 0.513. The standard InChI is InChI=1S/C19H23N7/c1-25-9-11-26(12-10-25)24-19-17(20)18(21-13-22-19)23-16-8-4-6-14-5-2-3-7-15(14)16/h2-8,13H,9-12,20H2,1H3,(H2,21,22,23,24). The zero-order chi connectivity index (χ0) is 17.9. The van der Waals surface area contributed by atoms with Gasteiger partial charge in [-0.1, -0.05) is 36.4 Å². The number of likely N-dealkylation sites (N-methyl/N-ethyl adjacent to an activating group) is 1. The van der Waals surface area contributed by atoms with E-state index in [0.717, 1.165) is 37.3 Å². The quantitative estimate of drug-likeness (QED) is 0.667. The van der Waals surface area contributed by atoms with Gasteiger partial charge in [-0.25, -0.2) is 15.0 Å². The first kappa shape index (κ1) is 16.6. The van der Waals surface area contributed by atoms with Gasteiger partial charge in [0.05, 0.1) is 0 Å². The maximum absolute atomic E-state index is 6.33. The van der Waals surface area contributed by atoms with E-state index in [2.05, 4.69) is 55.9 Å². The lowest BCUT2D eigenvalue weighted by Crippen LogP contribution is -2.47. The lowest BCUT2D eigenvalue weighted by Gasteiger charge is -2.33.